The largest absolute Gasteiger partial charge is 0.433 e. The maximum atomic E-state index is 15.7. The number of rotatable bonds is 7. The summed E-state index contributed by atoms with van der Waals surface area (Å²) in [5.41, 5.74) is 0.657. The highest BCUT2D eigenvalue weighted by atomic mass is 19.4. The van der Waals surface area contributed by atoms with E-state index < -0.39 is 29.4 Å². The van der Waals surface area contributed by atoms with Gasteiger partial charge in [0.2, 0.25) is 0 Å². The molecule has 10 heteroatoms. The van der Waals surface area contributed by atoms with Crippen molar-refractivity contribution in [1.82, 2.24) is 14.7 Å². The highest BCUT2D eigenvalue weighted by molar-refractivity contribution is 6.03. The highest BCUT2D eigenvalue weighted by Crippen LogP contribution is 2.33. The summed E-state index contributed by atoms with van der Waals surface area (Å²) in [5.74, 6) is -2.37. The average molecular weight is 535 g/mol. The van der Waals surface area contributed by atoms with Crippen molar-refractivity contribution in [1.29, 1.82) is 0 Å². The molecule has 3 aromatic rings. The second kappa shape index (κ2) is 11.3. The summed E-state index contributed by atoms with van der Waals surface area (Å²) in [5, 5.41) is 3.25. The van der Waals surface area contributed by atoms with E-state index in [1.165, 1.54) is 0 Å². The predicted molar refractivity (Wildman–Crippen MR) is 137 cm³/mol. The van der Waals surface area contributed by atoms with Crippen molar-refractivity contribution in [3.05, 3.63) is 70.7 Å². The minimum absolute atomic E-state index is 0.0500. The van der Waals surface area contributed by atoms with E-state index in [1.807, 2.05) is 19.1 Å². The number of pyridine rings is 1. The topological polar surface area (TPSA) is 50.9 Å². The fourth-order valence-corrected chi connectivity index (χ4v) is 4.58. The van der Waals surface area contributed by atoms with Crippen LogP contribution in [0, 0.1) is 24.5 Å². The van der Waals surface area contributed by atoms with Crippen LogP contribution < -0.4 is 5.32 Å². The first kappa shape index (κ1) is 27.9. The van der Waals surface area contributed by atoms with Crippen LogP contribution >= 0.6 is 0 Å². The van der Waals surface area contributed by atoms with Gasteiger partial charge in [0.05, 0.1) is 35.4 Å². The van der Waals surface area contributed by atoms with E-state index in [1.54, 1.807) is 31.4 Å². The number of imidazole rings is 1. The molecule has 3 heterocycles. The third kappa shape index (κ3) is 5.96. The Balaban J connectivity index is 1.84. The van der Waals surface area contributed by atoms with Crippen molar-refractivity contribution >= 4 is 11.4 Å². The SMILES string of the molecule is CC/C=C(\N=C(\c1cc(F)c(-c2nc3cc(C)ccn3c2C[C@H]2CNCCO2)c(F)c1)C(C)C)C(F)(F)F. The van der Waals surface area contributed by atoms with Crippen LogP contribution in [-0.4, -0.2) is 47.1 Å². The first-order chi connectivity index (χ1) is 18.0. The molecule has 38 heavy (non-hydrogen) atoms. The fraction of sp³-hybridized carbons (Fsp3) is 0.429. The molecule has 1 aromatic carbocycles. The van der Waals surface area contributed by atoms with Crippen LogP contribution in [0.5, 0.6) is 0 Å². The van der Waals surface area contributed by atoms with Gasteiger partial charge < -0.3 is 14.5 Å². The minimum atomic E-state index is -4.69. The van der Waals surface area contributed by atoms with Gasteiger partial charge in [-0.3, -0.25) is 0 Å². The molecular weight excluding hydrogens is 503 g/mol. The van der Waals surface area contributed by atoms with Gasteiger partial charge >= 0.3 is 6.18 Å². The van der Waals surface area contributed by atoms with E-state index >= 15 is 8.78 Å². The van der Waals surface area contributed by atoms with Gasteiger partial charge in [-0.15, -0.1) is 0 Å². The number of hydrogen-bond acceptors (Lipinski definition) is 4. The van der Waals surface area contributed by atoms with Crippen molar-refractivity contribution in [3.8, 4) is 11.3 Å². The molecule has 0 radical (unpaired) electrons. The molecule has 1 fully saturated rings. The minimum Gasteiger partial charge on any atom is -0.375 e. The number of ether oxygens (including phenoxy) is 1. The number of alkyl halides is 3. The van der Waals surface area contributed by atoms with Crippen LogP contribution in [0.15, 0.2) is 47.2 Å². The second-order valence-corrected chi connectivity index (χ2v) is 9.70. The van der Waals surface area contributed by atoms with E-state index in [0.717, 1.165) is 30.3 Å². The lowest BCUT2D eigenvalue weighted by Gasteiger charge is -2.24. The quantitative estimate of drug-likeness (QED) is 0.281. The lowest BCUT2D eigenvalue weighted by atomic mass is 9.96. The molecule has 2 aromatic heterocycles. The third-order valence-electron chi connectivity index (χ3n) is 6.36. The van der Waals surface area contributed by atoms with Crippen molar-refractivity contribution in [2.24, 2.45) is 10.9 Å². The summed E-state index contributed by atoms with van der Waals surface area (Å²) >= 11 is 0. The average Bonchev–Trinajstić information content (AvgIpc) is 3.17. The van der Waals surface area contributed by atoms with Crippen LogP contribution in [-0.2, 0) is 11.2 Å². The Hall–Kier alpha value is -3.11. The smallest absolute Gasteiger partial charge is 0.375 e. The van der Waals surface area contributed by atoms with Gasteiger partial charge in [0.15, 0.2) is 0 Å². The Kier molecular flexibility index (Phi) is 8.32. The molecule has 4 rings (SSSR count). The Morgan fingerprint density at radius 2 is 1.95 bits per heavy atom. The zero-order chi connectivity index (χ0) is 27.6. The monoisotopic (exact) mass is 534 g/mol. The molecule has 0 aliphatic carbocycles. The van der Waals surface area contributed by atoms with Crippen molar-refractivity contribution in [2.45, 2.75) is 52.8 Å². The number of allylic oxidation sites excluding steroid dienone is 2. The van der Waals surface area contributed by atoms with Crippen LogP contribution in [0.1, 0.15) is 44.0 Å². The summed E-state index contributed by atoms with van der Waals surface area (Å²) < 4.78 is 79.5. The van der Waals surface area contributed by atoms with Gasteiger partial charge in [-0.05, 0) is 49.1 Å². The summed E-state index contributed by atoms with van der Waals surface area (Å²) in [6, 6.07) is 5.77. The first-order valence-corrected chi connectivity index (χ1v) is 12.6. The molecule has 1 atom stereocenters. The second-order valence-electron chi connectivity index (χ2n) is 9.70. The zero-order valence-electron chi connectivity index (χ0n) is 21.8. The third-order valence-corrected chi connectivity index (χ3v) is 6.36. The summed E-state index contributed by atoms with van der Waals surface area (Å²) in [6.07, 6.45) is -1.66. The van der Waals surface area contributed by atoms with E-state index in [2.05, 4.69) is 15.3 Å². The Morgan fingerprint density at radius 1 is 1.24 bits per heavy atom. The molecule has 5 nitrogen and oxygen atoms in total. The van der Waals surface area contributed by atoms with E-state index in [-0.39, 0.29) is 35.1 Å². The number of aliphatic imine (C=N–C) groups is 1. The Bertz CT molecular complexity index is 1340. The van der Waals surface area contributed by atoms with E-state index in [0.29, 0.717) is 30.9 Å². The Labute approximate surface area is 218 Å². The van der Waals surface area contributed by atoms with Gasteiger partial charge in [0.25, 0.3) is 0 Å². The molecule has 1 saturated heterocycles. The molecule has 0 spiro atoms. The van der Waals surface area contributed by atoms with E-state index in [9.17, 15) is 13.2 Å². The number of halogens is 5. The number of fused-ring (bicyclic) bond motifs is 1. The number of hydrogen-bond donors (Lipinski definition) is 1. The van der Waals surface area contributed by atoms with Gasteiger partial charge in [-0.1, -0.05) is 26.8 Å². The maximum Gasteiger partial charge on any atom is 0.433 e. The van der Waals surface area contributed by atoms with Crippen LogP contribution in [0.2, 0.25) is 0 Å². The molecule has 1 aliphatic rings. The molecule has 0 unspecified atom stereocenters. The standard InChI is InChI=1S/C28H31F5N4O/c1-5-6-23(28(31,32)33)35-26(16(2)3)18-12-20(29)25(21(30)13-18)27-22(14-19-15-34-8-10-38-19)37-9-7-17(4)11-24(37)36-27/h6-7,9,11-13,16,19,34H,5,8,10,14-15H2,1-4H3/b23-6-,35-26+/t19-/m0/s1. The molecule has 0 bridgehead atoms. The van der Waals surface area contributed by atoms with E-state index in [4.69, 9.17) is 4.74 Å². The number of nitrogens with zero attached hydrogens (tertiary/aromatic N) is 3. The van der Waals surface area contributed by atoms with Crippen molar-refractivity contribution < 1.29 is 26.7 Å². The number of morpholine rings is 1. The molecular formula is C28H31F5N4O. The van der Waals surface area contributed by atoms with Gasteiger partial charge in [0, 0.05) is 31.3 Å². The molecule has 0 amide bonds. The molecule has 1 N–H and O–H groups in total. The van der Waals surface area contributed by atoms with Crippen molar-refractivity contribution in [3.63, 3.8) is 0 Å². The molecule has 1 aliphatic heterocycles. The van der Waals surface area contributed by atoms with Gasteiger partial charge in [0.1, 0.15) is 23.0 Å². The van der Waals surface area contributed by atoms with Gasteiger partial charge in [-0.25, -0.2) is 18.8 Å². The zero-order valence-corrected chi connectivity index (χ0v) is 21.8. The van der Waals surface area contributed by atoms with Crippen LogP contribution in [0.3, 0.4) is 0 Å². The molecule has 204 valence electrons. The number of aryl methyl sites for hydroxylation is 1. The Morgan fingerprint density at radius 3 is 2.53 bits per heavy atom. The summed E-state index contributed by atoms with van der Waals surface area (Å²) in [4.78, 5) is 8.37. The van der Waals surface area contributed by atoms with Gasteiger partial charge in [-0.2, -0.15) is 13.2 Å². The maximum absolute atomic E-state index is 15.7. The number of aromatic nitrogens is 2. The first-order valence-electron chi connectivity index (χ1n) is 12.6. The van der Waals surface area contributed by atoms with Crippen molar-refractivity contribution in [2.75, 3.05) is 19.7 Å². The van der Waals surface area contributed by atoms with Crippen LogP contribution in [0.4, 0.5) is 22.0 Å². The predicted octanol–water partition coefficient (Wildman–Crippen LogP) is 6.42. The normalized spacial score (nSPS) is 17.6. The highest BCUT2D eigenvalue weighted by Gasteiger charge is 2.34. The summed E-state index contributed by atoms with van der Waals surface area (Å²) in [7, 11) is 0. The molecule has 0 saturated carbocycles. The number of nitrogens with one attached hydrogen (secondary N) is 1. The summed E-state index contributed by atoms with van der Waals surface area (Å²) in [6.45, 7) is 8.55. The lowest BCUT2D eigenvalue weighted by Crippen LogP contribution is -2.39. The van der Waals surface area contributed by atoms with Crippen LogP contribution in [0.25, 0.3) is 16.9 Å². The lowest BCUT2D eigenvalue weighted by molar-refractivity contribution is -0.0925. The fourth-order valence-electron chi connectivity index (χ4n) is 4.58. The number of benzene rings is 1.